The second kappa shape index (κ2) is 5.94. The Morgan fingerprint density at radius 2 is 2.00 bits per heavy atom. The average molecular weight is 348 g/mol. The molecule has 19 heavy (non-hydrogen) atoms. The van der Waals surface area contributed by atoms with Crippen LogP contribution in [0, 0.1) is 11.6 Å². The molecule has 0 aliphatic rings. The summed E-state index contributed by atoms with van der Waals surface area (Å²) in [6.45, 7) is 0. The quantitative estimate of drug-likeness (QED) is 0.852. The summed E-state index contributed by atoms with van der Waals surface area (Å²) in [7, 11) is 0. The molecule has 0 bridgehead atoms. The normalized spacial score (nSPS) is 12.5. The largest absolute Gasteiger partial charge is 0.324 e. The number of hydrogen-bond acceptors (Lipinski definition) is 2. The number of halogens is 4. The van der Waals surface area contributed by atoms with E-state index in [0.717, 1.165) is 16.6 Å². The first-order valence-electron chi connectivity index (χ1n) is 5.48. The fourth-order valence-electron chi connectivity index (χ4n) is 1.68. The van der Waals surface area contributed by atoms with E-state index < -0.39 is 17.7 Å². The van der Waals surface area contributed by atoms with Gasteiger partial charge in [0.05, 0.1) is 5.02 Å². The predicted octanol–water partition coefficient (Wildman–Crippen LogP) is 4.02. The summed E-state index contributed by atoms with van der Waals surface area (Å²) in [5.41, 5.74) is 6.67. The van der Waals surface area contributed by atoms with Crippen molar-refractivity contribution in [1.82, 2.24) is 4.98 Å². The topological polar surface area (TPSA) is 38.9 Å². The molecule has 2 N–H and O–H groups in total. The Kier molecular flexibility index (Phi) is 4.50. The zero-order valence-corrected chi connectivity index (χ0v) is 12.0. The van der Waals surface area contributed by atoms with Crippen LogP contribution in [0.2, 0.25) is 5.02 Å². The smallest absolute Gasteiger partial charge is 0.142 e. The average Bonchev–Trinajstić information content (AvgIpc) is 2.36. The van der Waals surface area contributed by atoms with Crippen LogP contribution in [0.5, 0.6) is 0 Å². The van der Waals surface area contributed by atoms with Crippen molar-refractivity contribution in [3.63, 3.8) is 0 Å². The van der Waals surface area contributed by atoms with Gasteiger partial charge in [0.25, 0.3) is 0 Å². The van der Waals surface area contributed by atoms with Crippen molar-refractivity contribution in [3.05, 3.63) is 62.8 Å². The molecule has 1 aromatic heterocycles. The molecule has 0 fully saturated rings. The van der Waals surface area contributed by atoms with Crippen LogP contribution in [0.1, 0.15) is 17.3 Å². The monoisotopic (exact) mass is 346 g/mol. The molecular weight excluding hydrogens is 338 g/mol. The molecular formula is C13H10BrClF2N2. The third kappa shape index (κ3) is 3.49. The number of pyridine rings is 1. The lowest BCUT2D eigenvalue weighted by Crippen LogP contribution is -2.16. The number of hydrogen-bond donors (Lipinski definition) is 1. The first kappa shape index (κ1) is 14.4. The summed E-state index contributed by atoms with van der Waals surface area (Å²) in [6.07, 6.45) is 1.94. The van der Waals surface area contributed by atoms with Gasteiger partial charge in [-0.25, -0.2) is 8.78 Å². The molecule has 1 atom stereocenters. The highest BCUT2D eigenvalue weighted by Gasteiger charge is 2.16. The van der Waals surface area contributed by atoms with Crippen LogP contribution in [-0.2, 0) is 6.42 Å². The summed E-state index contributed by atoms with van der Waals surface area (Å²) < 4.78 is 27.9. The van der Waals surface area contributed by atoms with Crippen LogP contribution in [0.15, 0.2) is 34.9 Å². The van der Waals surface area contributed by atoms with Gasteiger partial charge in [-0.1, -0.05) is 11.6 Å². The van der Waals surface area contributed by atoms with Gasteiger partial charge in [0, 0.05) is 34.4 Å². The molecule has 1 unspecified atom stereocenters. The molecule has 2 rings (SSSR count). The SMILES string of the molecule is NC(Cc1ccc(Br)cn1)c1cc(F)c(Cl)cc1F. The van der Waals surface area contributed by atoms with Crippen LogP contribution >= 0.6 is 27.5 Å². The molecule has 100 valence electrons. The van der Waals surface area contributed by atoms with E-state index in [1.165, 1.54) is 0 Å². The molecule has 1 aromatic carbocycles. The van der Waals surface area contributed by atoms with Crippen LogP contribution in [0.4, 0.5) is 8.78 Å². The van der Waals surface area contributed by atoms with Gasteiger partial charge in [-0.2, -0.15) is 0 Å². The molecule has 0 amide bonds. The highest BCUT2D eigenvalue weighted by molar-refractivity contribution is 9.10. The van der Waals surface area contributed by atoms with Gasteiger partial charge in [0.2, 0.25) is 0 Å². The van der Waals surface area contributed by atoms with E-state index in [1.54, 1.807) is 12.3 Å². The summed E-state index contributed by atoms with van der Waals surface area (Å²) in [5, 5.41) is -0.254. The van der Waals surface area contributed by atoms with Crippen LogP contribution < -0.4 is 5.73 Å². The molecule has 0 aliphatic carbocycles. The maximum Gasteiger partial charge on any atom is 0.142 e. The maximum absolute atomic E-state index is 13.7. The van der Waals surface area contributed by atoms with Crippen molar-refractivity contribution in [3.8, 4) is 0 Å². The Morgan fingerprint density at radius 1 is 1.26 bits per heavy atom. The molecule has 2 nitrogen and oxygen atoms in total. The van der Waals surface area contributed by atoms with Crippen molar-refractivity contribution < 1.29 is 8.78 Å². The van der Waals surface area contributed by atoms with Crippen LogP contribution in [-0.4, -0.2) is 4.98 Å². The van der Waals surface area contributed by atoms with Gasteiger partial charge in [0.15, 0.2) is 0 Å². The van der Waals surface area contributed by atoms with E-state index in [9.17, 15) is 8.78 Å². The number of aromatic nitrogens is 1. The Labute approximate surface area is 122 Å². The van der Waals surface area contributed by atoms with E-state index in [0.29, 0.717) is 12.1 Å². The highest BCUT2D eigenvalue weighted by Crippen LogP contribution is 2.24. The first-order chi connectivity index (χ1) is 8.97. The van der Waals surface area contributed by atoms with Crippen molar-refractivity contribution in [1.29, 1.82) is 0 Å². The molecule has 6 heteroatoms. The zero-order valence-electron chi connectivity index (χ0n) is 9.71. The van der Waals surface area contributed by atoms with E-state index in [1.807, 2.05) is 6.07 Å². The van der Waals surface area contributed by atoms with Crippen LogP contribution in [0.25, 0.3) is 0 Å². The highest BCUT2D eigenvalue weighted by atomic mass is 79.9. The Morgan fingerprint density at radius 3 is 2.63 bits per heavy atom. The number of benzene rings is 1. The summed E-state index contributed by atoms with van der Waals surface area (Å²) in [5.74, 6) is -1.30. The minimum atomic E-state index is -0.683. The second-order valence-corrected chi connectivity index (χ2v) is 5.39. The lowest BCUT2D eigenvalue weighted by atomic mass is 10.0. The van der Waals surface area contributed by atoms with Gasteiger partial charge >= 0.3 is 0 Å². The minimum absolute atomic E-state index is 0.0895. The Balaban J connectivity index is 2.22. The maximum atomic E-state index is 13.7. The third-order valence-corrected chi connectivity index (χ3v) is 3.42. The number of nitrogens with two attached hydrogens (primary N) is 1. The molecule has 0 saturated heterocycles. The summed E-state index contributed by atoms with van der Waals surface area (Å²) in [6, 6.07) is 4.87. The minimum Gasteiger partial charge on any atom is -0.324 e. The van der Waals surface area contributed by atoms with E-state index >= 15 is 0 Å². The lowest BCUT2D eigenvalue weighted by Gasteiger charge is -2.13. The van der Waals surface area contributed by atoms with Crippen molar-refractivity contribution in [2.24, 2.45) is 5.73 Å². The molecule has 0 saturated carbocycles. The number of rotatable bonds is 3. The number of nitrogens with zero attached hydrogens (tertiary/aromatic N) is 1. The standard InChI is InChI=1S/C13H10BrClF2N2/c14-7-1-2-8(19-6-7)3-13(18)9-4-12(17)10(15)5-11(9)16/h1-2,4-6,13H,3,18H2. The van der Waals surface area contributed by atoms with Crippen molar-refractivity contribution in [2.45, 2.75) is 12.5 Å². The van der Waals surface area contributed by atoms with E-state index in [-0.39, 0.29) is 10.6 Å². The summed E-state index contributed by atoms with van der Waals surface area (Å²) >= 11 is 8.76. The zero-order chi connectivity index (χ0) is 14.0. The van der Waals surface area contributed by atoms with Crippen LogP contribution in [0.3, 0.4) is 0 Å². The molecule has 0 radical (unpaired) electrons. The van der Waals surface area contributed by atoms with E-state index in [4.69, 9.17) is 17.3 Å². The second-order valence-electron chi connectivity index (χ2n) is 4.07. The van der Waals surface area contributed by atoms with Gasteiger partial charge in [-0.3, -0.25) is 4.98 Å². The molecule has 0 aliphatic heterocycles. The first-order valence-corrected chi connectivity index (χ1v) is 6.65. The van der Waals surface area contributed by atoms with E-state index in [2.05, 4.69) is 20.9 Å². The fraction of sp³-hybridized carbons (Fsp3) is 0.154. The van der Waals surface area contributed by atoms with Crippen molar-refractivity contribution >= 4 is 27.5 Å². The predicted molar refractivity (Wildman–Crippen MR) is 73.9 cm³/mol. The molecule has 0 spiro atoms. The summed E-state index contributed by atoms with van der Waals surface area (Å²) in [4.78, 5) is 4.14. The van der Waals surface area contributed by atoms with Gasteiger partial charge in [0.1, 0.15) is 11.6 Å². The van der Waals surface area contributed by atoms with Gasteiger partial charge in [-0.05, 0) is 40.2 Å². The lowest BCUT2D eigenvalue weighted by molar-refractivity contribution is 0.559. The van der Waals surface area contributed by atoms with Crippen molar-refractivity contribution in [2.75, 3.05) is 0 Å². The Hall–Kier alpha value is -1.04. The fourth-order valence-corrected chi connectivity index (χ4v) is 2.07. The molecule has 2 aromatic rings. The van der Waals surface area contributed by atoms with Gasteiger partial charge in [-0.15, -0.1) is 0 Å². The molecule has 1 heterocycles. The third-order valence-electron chi connectivity index (χ3n) is 2.66. The van der Waals surface area contributed by atoms with Gasteiger partial charge < -0.3 is 5.73 Å². The Bertz CT molecular complexity index is 590.